The third kappa shape index (κ3) is 3.33. The van der Waals surface area contributed by atoms with Crippen molar-refractivity contribution in [3.63, 3.8) is 0 Å². The number of hydrogen-bond acceptors (Lipinski definition) is 1. The van der Waals surface area contributed by atoms with E-state index in [1.807, 2.05) is 30.3 Å². The second-order valence-corrected chi connectivity index (χ2v) is 7.17. The Morgan fingerprint density at radius 3 is 2.32 bits per heavy atom. The first-order valence-corrected chi connectivity index (χ1v) is 8.69. The van der Waals surface area contributed by atoms with Crippen LogP contribution in [0.15, 0.2) is 59.1 Å². The number of nitrogens with one attached hydrogen (secondary N) is 2. The van der Waals surface area contributed by atoms with Gasteiger partial charge in [0, 0.05) is 21.6 Å². The van der Waals surface area contributed by atoms with Crippen molar-refractivity contribution in [1.29, 1.82) is 0 Å². The Morgan fingerprint density at radius 2 is 1.73 bits per heavy atom. The molecule has 114 valence electrons. The molecular weight excluding hydrogens is 356 g/mol. The minimum Gasteiger partial charge on any atom is -0.359 e. The van der Waals surface area contributed by atoms with Gasteiger partial charge in [0.25, 0.3) is 0 Å². The normalized spacial score (nSPS) is 16.6. The van der Waals surface area contributed by atoms with Gasteiger partial charge in [-0.05, 0) is 61.8 Å². The van der Waals surface area contributed by atoms with Crippen molar-refractivity contribution < 1.29 is 0 Å². The molecule has 0 aliphatic heterocycles. The van der Waals surface area contributed by atoms with Gasteiger partial charge in [-0.3, -0.25) is 0 Å². The van der Waals surface area contributed by atoms with Gasteiger partial charge in [0.05, 0.1) is 0 Å². The lowest BCUT2D eigenvalue weighted by Gasteiger charge is -2.26. The van der Waals surface area contributed by atoms with Crippen molar-refractivity contribution in [1.82, 2.24) is 5.32 Å². The SMILES string of the molecule is CC(NC(=S)Nc1ccccc1)C1(c2ccc(Br)cc2)CC1. The molecule has 1 aliphatic rings. The van der Waals surface area contributed by atoms with Crippen LogP contribution in [-0.2, 0) is 5.41 Å². The molecule has 1 atom stereocenters. The third-order valence-corrected chi connectivity index (χ3v) is 5.16. The zero-order chi connectivity index (χ0) is 15.6. The van der Waals surface area contributed by atoms with E-state index in [0.29, 0.717) is 11.2 Å². The van der Waals surface area contributed by atoms with E-state index in [1.54, 1.807) is 0 Å². The Labute approximate surface area is 145 Å². The monoisotopic (exact) mass is 374 g/mol. The molecule has 2 aromatic carbocycles. The van der Waals surface area contributed by atoms with Crippen molar-refractivity contribution in [2.75, 3.05) is 5.32 Å². The first kappa shape index (κ1) is 15.5. The fourth-order valence-electron chi connectivity index (χ4n) is 2.91. The maximum Gasteiger partial charge on any atom is 0.171 e. The molecule has 0 aromatic heterocycles. The van der Waals surface area contributed by atoms with Gasteiger partial charge in [0.15, 0.2) is 5.11 Å². The van der Waals surface area contributed by atoms with Crippen LogP contribution in [0.25, 0.3) is 0 Å². The second-order valence-electron chi connectivity index (χ2n) is 5.85. The summed E-state index contributed by atoms with van der Waals surface area (Å²) in [5, 5.41) is 7.38. The van der Waals surface area contributed by atoms with Gasteiger partial charge in [-0.25, -0.2) is 0 Å². The molecule has 1 saturated carbocycles. The standard InChI is InChI=1S/C18H19BrN2S/c1-13(20-17(22)21-16-5-3-2-4-6-16)18(11-12-18)14-7-9-15(19)10-8-14/h2-10,13H,11-12H2,1H3,(H2,20,21,22). The molecule has 0 radical (unpaired) electrons. The summed E-state index contributed by atoms with van der Waals surface area (Å²) in [6.45, 7) is 2.22. The number of hydrogen-bond donors (Lipinski definition) is 2. The molecule has 0 amide bonds. The highest BCUT2D eigenvalue weighted by molar-refractivity contribution is 9.10. The minimum absolute atomic E-state index is 0.211. The summed E-state index contributed by atoms with van der Waals surface area (Å²) in [6.07, 6.45) is 2.41. The molecule has 0 saturated heterocycles. The average molecular weight is 375 g/mol. The summed E-state index contributed by atoms with van der Waals surface area (Å²) in [6, 6.07) is 19.0. The Balaban J connectivity index is 1.65. The quantitative estimate of drug-likeness (QED) is 0.747. The van der Waals surface area contributed by atoms with Crippen LogP contribution in [0.5, 0.6) is 0 Å². The summed E-state index contributed by atoms with van der Waals surface area (Å²) in [4.78, 5) is 0. The van der Waals surface area contributed by atoms with E-state index < -0.39 is 0 Å². The molecule has 2 N–H and O–H groups in total. The van der Waals surface area contributed by atoms with Crippen molar-refractivity contribution in [3.8, 4) is 0 Å². The fourth-order valence-corrected chi connectivity index (χ4v) is 3.47. The molecule has 22 heavy (non-hydrogen) atoms. The topological polar surface area (TPSA) is 24.1 Å². The summed E-state index contributed by atoms with van der Waals surface area (Å²) < 4.78 is 1.12. The number of anilines is 1. The van der Waals surface area contributed by atoms with Crippen LogP contribution in [0.4, 0.5) is 5.69 Å². The molecule has 0 heterocycles. The van der Waals surface area contributed by atoms with Gasteiger partial charge >= 0.3 is 0 Å². The van der Waals surface area contributed by atoms with E-state index in [1.165, 1.54) is 18.4 Å². The largest absolute Gasteiger partial charge is 0.359 e. The van der Waals surface area contributed by atoms with Gasteiger partial charge in [-0.15, -0.1) is 0 Å². The smallest absolute Gasteiger partial charge is 0.171 e. The molecule has 2 aromatic rings. The maximum atomic E-state index is 5.45. The molecule has 3 rings (SSSR count). The van der Waals surface area contributed by atoms with Crippen LogP contribution in [0.1, 0.15) is 25.3 Å². The Kier molecular flexibility index (Phi) is 4.50. The molecule has 0 spiro atoms. The molecule has 0 bridgehead atoms. The lowest BCUT2D eigenvalue weighted by atomic mass is 9.89. The lowest BCUT2D eigenvalue weighted by molar-refractivity contribution is 0.512. The van der Waals surface area contributed by atoms with Gasteiger partial charge in [0.1, 0.15) is 0 Å². The summed E-state index contributed by atoms with van der Waals surface area (Å²) >= 11 is 8.95. The molecule has 2 nitrogen and oxygen atoms in total. The summed E-state index contributed by atoms with van der Waals surface area (Å²) in [7, 11) is 0. The summed E-state index contributed by atoms with van der Waals surface area (Å²) in [5.41, 5.74) is 2.61. The van der Waals surface area contributed by atoms with Crippen LogP contribution < -0.4 is 10.6 Å². The first-order valence-electron chi connectivity index (χ1n) is 7.49. The van der Waals surface area contributed by atoms with Crippen molar-refractivity contribution in [2.24, 2.45) is 0 Å². The zero-order valence-corrected chi connectivity index (χ0v) is 14.9. The van der Waals surface area contributed by atoms with Crippen LogP contribution in [-0.4, -0.2) is 11.2 Å². The fraction of sp³-hybridized carbons (Fsp3) is 0.278. The molecule has 1 aliphatic carbocycles. The van der Waals surface area contributed by atoms with Gasteiger partial charge < -0.3 is 10.6 Å². The van der Waals surface area contributed by atoms with Crippen LogP contribution in [0.3, 0.4) is 0 Å². The predicted octanol–water partition coefficient (Wildman–Crippen LogP) is 4.86. The Morgan fingerprint density at radius 1 is 1.09 bits per heavy atom. The highest BCUT2D eigenvalue weighted by Gasteiger charge is 2.49. The highest BCUT2D eigenvalue weighted by atomic mass is 79.9. The van der Waals surface area contributed by atoms with E-state index in [-0.39, 0.29) is 5.41 Å². The van der Waals surface area contributed by atoms with Gasteiger partial charge in [0.2, 0.25) is 0 Å². The van der Waals surface area contributed by atoms with Crippen LogP contribution in [0.2, 0.25) is 0 Å². The van der Waals surface area contributed by atoms with E-state index in [0.717, 1.165) is 10.2 Å². The molecule has 4 heteroatoms. The Bertz CT molecular complexity index is 651. The molecular formula is C18H19BrN2S. The maximum absolute atomic E-state index is 5.45. The van der Waals surface area contributed by atoms with E-state index in [2.05, 4.69) is 57.8 Å². The number of halogens is 1. The molecule has 1 fully saturated rings. The van der Waals surface area contributed by atoms with Crippen molar-refractivity contribution >= 4 is 38.9 Å². The third-order valence-electron chi connectivity index (χ3n) is 4.42. The lowest BCUT2D eigenvalue weighted by Crippen LogP contribution is -2.43. The van der Waals surface area contributed by atoms with Gasteiger partial charge in [-0.1, -0.05) is 46.3 Å². The second kappa shape index (κ2) is 6.39. The molecule has 1 unspecified atom stereocenters. The number of benzene rings is 2. The van der Waals surface area contributed by atoms with Gasteiger partial charge in [-0.2, -0.15) is 0 Å². The van der Waals surface area contributed by atoms with E-state index in [9.17, 15) is 0 Å². The number of rotatable bonds is 4. The number of thiocarbonyl (C=S) groups is 1. The average Bonchev–Trinajstić information content (AvgIpc) is 3.30. The number of para-hydroxylation sites is 1. The first-order chi connectivity index (χ1) is 10.6. The van der Waals surface area contributed by atoms with Crippen LogP contribution in [0, 0.1) is 0 Å². The van der Waals surface area contributed by atoms with Crippen molar-refractivity contribution in [3.05, 3.63) is 64.6 Å². The predicted molar refractivity (Wildman–Crippen MR) is 100 cm³/mol. The van der Waals surface area contributed by atoms with E-state index >= 15 is 0 Å². The van der Waals surface area contributed by atoms with Crippen LogP contribution >= 0.6 is 28.1 Å². The summed E-state index contributed by atoms with van der Waals surface area (Å²) in [5.74, 6) is 0. The minimum atomic E-state index is 0.211. The van der Waals surface area contributed by atoms with E-state index in [4.69, 9.17) is 12.2 Å². The van der Waals surface area contributed by atoms with Crippen molar-refractivity contribution in [2.45, 2.75) is 31.2 Å². The zero-order valence-electron chi connectivity index (χ0n) is 12.5. The highest BCUT2D eigenvalue weighted by Crippen LogP contribution is 2.51. The Hall–Kier alpha value is -1.39.